The van der Waals surface area contributed by atoms with Gasteiger partial charge in [0, 0.05) is 5.02 Å². The number of hydrogen-bond acceptors (Lipinski definition) is 4. The molecule has 1 heterocycles. The quantitative estimate of drug-likeness (QED) is 0.735. The number of rotatable bonds is 6. The lowest BCUT2D eigenvalue weighted by atomic mass is 10.2. The summed E-state index contributed by atoms with van der Waals surface area (Å²) < 4.78 is 6.93. The van der Waals surface area contributed by atoms with Gasteiger partial charge >= 0.3 is 0 Å². The van der Waals surface area contributed by atoms with Crippen LogP contribution in [0.2, 0.25) is 5.02 Å². The third-order valence-electron chi connectivity index (χ3n) is 3.88. The molecule has 5 nitrogen and oxygen atoms in total. The van der Waals surface area contributed by atoms with Crippen molar-refractivity contribution in [2.24, 2.45) is 0 Å². The first-order valence-corrected chi connectivity index (χ1v) is 8.37. The van der Waals surface area contributed by atoms with E-state index in [2.05, 4.69) is 4.98 Å². The number of benzene rings is 2. The molecule has 3 aromatic rings. The van der Waals surface area contributed by atoms with Gasteiger partial charge in [-0.1, -0.05) is 35.4 Å². The van der Waals surface area contributed by atoms with Crippen molar-refractivity contribution < 1.29 is 9.84 Å². The maximum Gasteiger partial charge on any atom is 0.261 e. The minimum absolute atomic E-state index is 0.126. The van der Waals surface area contributed by atoms with Gasteiger partial charge in [0.1, 0.15) is 0 Å². The lowest BCUT2D eigenvalue weighted by molar-refractivity contribution is 0.0198. The number of aromatic nitrogens is 2. The fraction of sp³-hybridized carbons (Fsp3) is 0.263. The van der Waals surface area contributed by atoms with Crippen molar-refractivity contribution in [3.8, 4) is 0 Å². The zero-order valence-electron chi connectivity index (χ0n) is 13.9. The molecule has 25 heavy (non-hydrogen) atoms. The molecule has 0 amide bonds. The number of nitrogens with zero attached hydrogens (tertiary/aromatic N) is 2. The number of aliphatic hydroxyl groups is 1. The molecule has 1 unspecified atom stereocenters. The van der Waals surface area contributed by atoms with Gasteiger partial charge in [0.25, 0.3) is 5.56 Å². The minimum Gasteiger partial charge on any atom is -0.389 e. The molecule has 0 aliphatic carbocycles. The van der Waals surface area contributed by atoms with Crippen LogP contribution in [-0.2, 0) is 17.9 Å². The van der Waals surface area contributed by atoms with E-state index in [0.717, 1.165) is 11.1 Å². The second-order valence-corrected chi connectivity index (χ2v) is 6.45. The normalized spacial score (nSPS) is 12.4. The Labute approximate surface area is 150 Å². The smallest absolute Gasteiger partial charge is 0.261 e. The van der Waals surface area contributed by atoms with Crippen LogP contribution in [0.15, 0.2) is 53.6 Å². The lowest BCUT2D eigenvalue weighted by Gasteiger charge is -2.13. The number of ether oxygens (including phenoxy) is 1. The molecule has 0 saturated carbocycles. The SMILES string of the molecule is Cc1ccc2ncn(CC(O)COCc3ccc(Cl)cc3)c(=O)c2c1. The molecule has 0 saturated heterocycles. The molecule has 2 aromatic carbocycles. The van der Waals surface area contributed by atoms with Gasteiger partial charge in [-0.3, -0.25) is 9.36 Å². The average Bonchev–Trinajstić information content (AvgIpc) is 2.60. The van der Waals surface area contributed by atoms with Crippen molar-refractivity contribution >= 4 is 22.5 Å². The van der Waals surface area contributed by atoms with Gasteiger partial charge in [0.15, 0.2) is 0 Å². The molecule has 0 bridgehead atoms. The first-order valence-electron chi connectivity index (χ1n) is 7.99. The molecule has 0 spiro atoms. The summed E-state index contributed by atoms with van der Waals surface area (Å²) in [6.45, 7) is 2.56. The van der Waals surface area contributed by atoms with E-state index < -0.39 is 6.10 Å². The standard InChI is InChI=1S/C19H19ClN2O3/c1-13-2-7-18-17(8-13)19(24)22(12-21-18)9-16(23)11-25-10-14-3-5-15(20)6-4-14/h2-8,12,16,23H,9-11H2,1H3. The van der Waals surface area contributed by atoms with Crippen LogP contribution in [0.5, 0.6) is 0 Å². The Bertz CT molecular complexity index is 922. The summed E-state index contributed by atoms with van der Waals surface area (Å²) in [5.74, 6) is 0. The zero-order valence-corrected chi connectivity index (χ0v) is 14.6. The highest BCUT2D eigenvalue weighted by Crippen LogP contribution is 2.11. The Morgan fingerprint density at radius 3 is 2.76 bits per heavy atom. The van der Waals surface area contributed by atoms with Gasteiger partial charge < -0.3 is 9.84 Å². The Morgan fingerprint density at radius 2 is 2.00 bits per heavy atom. The summed E-state index contributed by atoms with van der Waals surface area (Å²) in [6.07, 6.45) is 0.664. The minimum atomic E-state index is -0.797. The fourth-order valence-electron chi connectivity index (χ4n) is 2.58. The van der Waals surface area contributed by atoms with Gasteiger partial charge in [-0.15, -0.1) is 0 Å². The first kappa shape index (κ1) is 17.6. The van der Waals surface area contributed by atoms with Gasteiger partial charge in [-0.25, -0.2) is 4.98 Å². The van der Waals surface area contributed by atoms with Crippen LogP contribution in [0, 0.1) is 6.92 Å². The van der Waals surface area contributed by atoms with Crippen LogP contribution in [0.1, 0.15) is 11.1 Å². The van der Waals surface area contributed by atoms with Crippen LogP contribution in [0.4, 0.5) is 0 Å². The Balaban J connectivity index is 1.61. The molecule has 6 heteroatoms. The second-order valence-electron chi connectivity index (χ2n) is 6.02. The van der Waals surface area contributed by atoms with Crippen molar-refractivity contribution in [2.75, 3.05) is 6.61 Å². The number of aliphatic hydroxyl groups excluding tert-OH is 1. The van der Waals surface area contributed by atoms with E-state index >= 15 is 0 Å². The average molecular weight is 359 g/mol. The molecule has 0 fully saturated rings. The molecular formula is C19H19ClN2O3. The predicted molar refractivity (Wildman–Crippen MR) is 97.9 cm³/mol. The van der Waals surface area contributed by atoms with Crippen LogP contribution >= 0.6 is 11.6 Å². The third kappa shape index (κ3) is 4.45. The zero-order chi connectivity index (χ0) is 17.8. The highest BCUT2D eigenvalue weighted by atomic mass is 35.5. The summed E-state index contributed by atoms with van der Waals surface area (Å²) in [4.78, 5) is 16.8. The highest BCUT2D eigenvalue weighted by Gasteiger charge is 2.10. The number of aryl methyl sites for hydroxylation is 1. The summed E-state index contributed by atoms with van der Waals surface area (Å²) >= 11 is 5.83. The molecule has 0 radical (unpaired) electrons. The summed E-state index contributed by atoms with van der Waals surface area (Å²) in [6, 6.07) is 12.9. The Kier molecular flexibility index (Phi) is 5.48. The van der Waals surface area contributed by atoms with E-state index in [4.69, 9.17) is 16.3 Å². The Morgan fingerprint density at radius 1 is 1.24 bits per heavy atom. The largest absolute Gasteiger partial charge is 0.389 e. The van der Waals surface area contributed by atoms with Crippen LogP contribution in [0.25, 0.3) is 10.9 Å². The van der Waals surface area contributed by atoms with Crippen molar-refractivity contribution in [1.29, 1.82) is 0 Å². The second kappa shape index (κ2) is 7.78. The predicted octanol–water partition coefficient (Wildman–Crippen LogP) is 2.94. The number of fused-ring (bicyclic) bond motifs is 1. The van der Waals surface area contributed by atoms with Crippen LogP contribution in [0.3, 0.4) is 0 Å². The summed E-state index contributed by atoms with van der Waals surface area (Å²) in [7, 11) is 0. The van der Waals surface area contributed by atoms with Crippen LogP contribution < -0.4 is 5.56 Å². The van der Waals surface area contributed by atoms with Crippen molar-refractivity contribution in [2.45, 2.75) is 26.2 Å². The maximum absolute atomic E-state index is 12.5. The van der Waals surface area contributed by atoms with E-state index in [9.17, 15) is 9.90 Å². The molecule has 1 aromatic heterocycles. The van der Waals surface area contributed by atoms with Crippen LogP contribution in [-0.4, -0.2) is 27.4 Å². The fourth-order valence-corrected chi connectivity index (χ4v) is 2.70. The highest BCUT2D eigenvalue weighted by molar-refractivity contribution is 6.30. The van der Waals surface area contributed by atoms with Gasteiger partial charge in [-0.2, -0.15) is 0 Å². The maximum atomic E-state index is 12.5. The Hall–Kier alpha value is -2.21. The molecule has 1 N–H and O–H groups in total. The molecular weight excluding hydrogens is 340 g/mol. The van der Waals surface area contributed by atoms with E-state index in [1.807, 2.05) is 37.3 Å². The van der Waals surface area contributed by atoms with Gasteiger partial charge in [-0.05, 0) is 36.8 Å². The molecule has 1 atom stereocenters. The van der Waals surface area contributed by atoms with Crippen molar-refractivity contribution in [3.63, 3.8) is 0 Å². The summed E-state index contributed by atoms with van der Waals surface area (Å²) in [5.41, 5.74) is 2.46. The molecule has 130 valence electrons. The summed E-state index contributed by atoms with van der Waals surface area (Å²) in [5, 5.41) is 11.4. The monoisotopic (exact) mass is 358 g/mol. The van der Waals surface area contributed by atoms with Crippen molar-refractivity contribution in [1.82, 2.24) is 9.55 Å². The van der Waals surface area contributed by atoms with E-state index in [1.165, 1.54) is 10.9 Å². The van der Waals surface area contributed by atoms with Gasteiger partial charge in [0.05, 0.1) is 43.1 Å². The van der Waals surface area contributed by atoms with Crippen molar-refractivity contribution in [3.05, 3.63) is 75.3 Å². The molecule has 3 rings (SSSR count). The van der Waals surface area contributed by atoms with E-state index in [1.54, 1.807) is 12.1 Å². The molecule has 0 aliphatic heterocycles. The van der Waals surface area contributed by atoms with E-state index in [-0.39, 0.29) is 18.7 Å². The van der Waals surface area contributed by atoms with E-state index in [0.29, 0.717) is 22.5 Å². The topological polar surface area (TPSA) is 64.3 Å². The third-order valence-corrected chi connectivity index (χ3v) is 4.13. The first-order chi connectivity index (χ1) is 12.0. The number of halogens is 1. The van der Waals surface area contributed by atoms with Gasteiger partial charge in [0.2, 0.25) is 0 Å². The molecule has 0 aliphatic rings. The lowest BCUT2D eigenvalue weighted by Crippen LogP contribution is -2.29. The number of hydrogen-bond donors (Lipinski definition) is 1.